The smallest absolute Gasteiger partial charge is 0.305 e. The van der Waals surface area contributed by atoms with Crippen LogP contribution in [0.2, 0.25) is 0 Å². The van der Waals surface area contributed by atoms with E-state index in [-0.39, 0.29) is 5.69 Å². The Morgan fingerprint density at radius 2 is 1.81 bits per heavy atom. The number of nitrogens with zero attached hydrogens (tertiary/aromatic N) is 4. The van der Waals surface area contributed by atoms with E-state index >= 15 is 0 Å². The maximum Gasteiger partial charge on any atom is 0.417 e. The summed E-state index contributed by atoms with van der Waals surface area (Å²) in [6.07, 6.45) is -0.112. The molecule has 32 heavy (non-hydrogen) atoms. The largest absolute Gasteiger partial charge is 0.417 e. The number of hydrogen-bond acceptors (Lipinski definition) is 4. The zero-order valence-corrected chi connectivity index (χ0v) is 19.2. The normalized spacial score (nSPS) is 18.9. The molecule has 2 aromatic carbocycles. The van der Waals surface area contributed by atoms with Crippen LogP contribution in [0.3, 0.4) is 0 Å². The van der Waals surface area contributed by atoms with Crippen molar-refractivity contribution in [1.29, 1.82) is 5.26 Å². The van der Waals surface area contributed by atoms with Crippen LogP contribution in [-0.2, 0) is 6.18 Å². The predicted molar refractivity (Wildman–Crippen MR) is 127 cm³/mol. The number of amidine groups is 1. The second-order valence-corrected chi connectivity index (χ2v) is 9.11. The van der Waals surface area contributed by atoms with Gasteiger partial charge in [0.25, 0.3) is 0 Å². The lowest BCUT2D eigenvalue weighted by molar-refractivity contribution is -0.137. The molecule has 4 nitrogen and oxygen atoms in total. The van der Waals surface area contributed by atoms with Crippen LogP contribution >= 0.6 is 24.0 Å². The Bertz CT molecular complexity index is 1120. The van der Waals surface area contributed by atoms with Crippen molar-refractivity contribution in [3.05, 3.63) is 59.2 Å². The molecule has 0 atom stereocenters. The molecular formula is C23H21F3N4S2. The van der Waals surface area contributed by atoms with Crippen LogP contribution in [0.4, 0.5) is 24.5 Å². The van der Waals surface area contributed by atoms with Crippen LogP contribution in [0, 0.1) is 18.3 Å². The molecule has 1 saturated heterocycles. The zero-order chi connectivity index (χ0) is 23.1. The summed E-state index contributed by atoms with van der Waals surface area (Å²) in [5.74, 6) is 1.14. The third-order valence-corrected chi connectivity index (χ3v) is 6.69. The summed E-state index contributed by atoms with van der Waals surface area (Å²) < 4.78 is 41.0. The van der Waals surface area contributed by atoms with Crippen molar-refractivity contribution < 1.29 is 13.2 Å². The number of rotatable bonds is 4. The topological polar surface area (TPSA) is 42.6 Å². The maximum atomic E-state index is 13.7. The van der Waals surface area contributed by atoms with Crippen LogP contribution in [0.5, 0.6) is 0 Å². The van der Waals surface area contributed by atoms with Gasteiger partial charge >= 0.3 is 6.18 Å². The zero-order valence-electron chi connectivity index (χ0n) is 17.6. The molecule has 0 unspecified atom stereocenters. The van der Waals surface area contributed by atoms with Crippen LogP contribution < -0.4 is 9.80 Å². The Labute approximate surface area is 194 Å². The number of thiocarbonyl (C=S) groups is 1. The van der Waals surface area contributed by atoms with Crippen LogP contribution in [-0.4, -0.2) is 28.6 Å². The van der Waals surface area contributed by atoms with E-state index in [1.165, 1.54) is 23.9 Å². The van der Waals surface area contributed by atoms with Gasteiger partial charge in [-0.15, -0.1) is 11.8 Å². The Hall–Kier alpha value is -2.57. The molecule has 9 heteroatoms. The average molecular weight is 475 g/mol. The van der Waals surface area contributed by atoms with Gasteiger partial charge in [0, 0.05) is 5.69 Å². The lowest BCUT2D eigenvalue weighted by atomic mass is 9.74. The molecule has 2 fully saturated rings. The van der Waals surface area contributed by atoms with E-state index < -0.39 is 22.8 Å². The van der Waals surface area contributed by atoms with E-state index in [0.29, 0.717) is 16.8 Å². The highest BCUT2D eigenvalue weighted by atomic mass is 32.2. The quantitative estimate of drug-likeness (QED) is 0.498. The van der Waals surface area contributed by atoms with Gasteiger partial charge < -0.3 is 4.90 Å². The molecular weight excluding hydrogens is 453 g/mol. The van der Waals surface area contributed by atoms with Crippen molar-refractivity contribution in [2.45, 2.75) is 37.9 Å². The second-order valence-electron chi connectivity index (χ2n) is 7.91. The number of aliphatic imine (C=N–C) groups is 1. The lowest BCUT2D eigenvalue weighted by Crippen LogP contribution is -2.55. The fraction of sp³-hybridized carbons (Fsp3) is 0.348. The number of nitriles is 1. The fourth-order valence-electron chi connectivity index (χ4n) is 4.27. The van der Waals surface area contributed by atoms with Gasteiger partial charge in [-0.05, 0) is 75.0 Å². The van der Waals surface area contributed by atoms with E-state index in [9.17, 15) is 18.4 Å². The Kier molecular flexibility index (Phi) is 5.94. The van der Waals surface area contributed by atoms with Gasteiger partial charge in [0.15, 0.2) is 5.11 Å². The summed E-state index contributed by atoms with van der Waals surface area (Å²) in [6.45, 7) is 2.00. The van der Waals surface area contributed by atoms with Crippen LogP contribution in [0.15, 0.2) is 47.5 Å². The van der Waals surface area contributed by atoms with Gasteiger partial charge in [-0.1, -0.05) is 17.7 Å². The van der Waals surface area contributed by atoms with E-state index in [0.717, 1.165) is 36.6 Å². The van der Waals surface area contributed by atoms with Crippen molar-refractivity contribution in [3.8, 4) is 6.07 Å². The van der Waals surface area contributed by atoms with Gasteiger partial charge in [0.2, 0.25) is 0 Å². The molecule has 2 aromatic rings. The van der Waals surface area contributed by atoms with Gasteiger partial charge in [-0.25, -0.2) is 0 Å². The lowest BCUT2D eigenvalue weighted by Gasteiger charge is -2.45. The molecule has 2 aliphatic rings. The molecule has 166 valence electrons. The first-order chi connectivity index (χ1) is 15.2. The Morgan fingerprint density at radius 1 is 1.16 bits per heavy atom. The maximum absolute atomic E-state index is 13.7. The first kappa shape index (κ1) is 22.6. The highest BCUT2D eigenvalue weighted by molar-refractivity contribution is 7.98. The molecule has 1 spiro atoms. The number of hydrogen-bond donors (Lipinski definition) is 0. The fourth-order valence-corrected chi connectivity index (χ4v) is 5.00. The summed E-state index contributed by atoms with van der Waals surface area (Å²) in [7, 11) is 0. The van der Waals surface area contributed by atoms with Crippen LogP contribution in [0.25, 0.3) is 0 Å². The van der Waals surface area contributed by atoms with E-state index in [4.69, 9.17) is 17.2 Å². The Balaban J connectivity index is 1.89. The van der Waals surface area contributed by atoms with Crippen molar-refractivity contribution >= 4 is 46.3 Å². The SMILES string of the molecule is CSCN=C1N(c2ccc(C#N)c(C(F)(F)F)c2)C(=S)N(c2ccc(C)cc2)C12CCC2. The second kappa shape index (κ2) is 8.41. The van der Waals surface area contributed by atoms with Gasteiger partial charge in [-0.3, -0.25) is 9.89 Å². The summed E-state index contributed by atoms with van der Waals surface area (Å²) in [4.78, 5) is 8.47. The number of halogens is 3. The molecule has 1 saturated carbocycles. The van der Waals surface area contributed by atoms with Gasteiger partial charge in [0.1, 0.15) is 11.4 Å². The monoisotopic (exact) mass is 474 g/mol. The van der Waals surface area contributed by atoms with Crippen molar-refractivity contribution in [2.24, 2.45) is 4.99 Å². The average Bonchev–Trinajstić information content (AvgIpc) is 3.00. The summed E-state index contributed by atoms with van der Waals surface area (Å²) in [5.41, 5.74) is 0.403. The van der Waals surface area contributed by atoms with E-state index in [1.807, 2.05) is 42.3 Å². The first-order valence-electron chi connectivity index (χ1n) is 10.1. The third-order valence-electron chi connectivity index (χ3n) is 5.94. The molecule has 0 N–H and O–H groups in total. The molecule has 4 rings (SSSR count). The molecule has 0 bridgehead atoms. The number of alkyl halides is 3. The predicted octanol–water partition coefficient (Wildman–Crippen LogP) is 6.14. The summed E-state index contributed by atoms with van der Waals surface area (Å²) >= 11 is 7.39. The van der Waals surface area contributed by atoms with E-state index in [2.05, 4.69) is 0 Å². The minimum Gasteiger partial charge on any atom is -0.305 e. The van der Waals surface area contributed by atoms with Crippen molar-refractivity contribution in [1.82, 2.24) is 0 Å². The first-order valence-corrected chi connectivity index (χ1v) is 11.9. The number of aryl methyl sites for hydroxylation is 1. The molecule has 0 radical (unpaired) electrons. The van der Waals surface area contributed by atoms with E-state index in [1.54, 1.807) is 11.0 Å². The minimum atomic E-state index is -4.65. The van der Waals surface area contributed by atoms with Crippen LogP contribution in [0.1, 0.15) is 36.0 Å². The molecule has 1 heterocycles. The number of anilines is 2. The molecule has 1 aliphatic carbocycles. The summed E-state index contributed by atoms with van der Waals surface area (Å²) in [5, 5.41) is 9.57. The minimum absolute atomic E-state index is 0.266. The molecule has 1 aliphatic heterocycles. The highest BCUT2D eigenvalue weighted by Gasteiger charge is 2.57. The summed E-state index contributed by atoms with van der Waals surface area (Å²) in [6, 6.07) is 13.3. The van der Waals surface area contributed by atoms with Gasteiger partial charge in [0.05, 0.1) is 28.8 Å². The standard InChI is InChI=1S/C23H21F3N4S2/c1-15-4-7-17(8-5-15)30-21(31)29(20(28-14-32-2)22(30)10-3-11-22)18-9-6-16(13-27)19(12-18)23(24,25)26/h4-9,12H,3,10-11,14H2,1-2H3. The highest BCUT2D eigenvalue weighted by Crippen LogP contribution is 2.49. The van der Waals surface area contributed by atoms with Gasteiger partial charge in [-0.2, -0.15) is 18.4 Å². The number of thioether (sulfide) groups is 1. The van der Waals surface area contributed by atoms with Crippen molar-refractivity contribution in [3.63, 3.8) is 0 Å². The molecule has 0 aromatic heterocycles. The number of benzene rings is 2. The molecule has 0 amide bonds. The Morgan fingerprint density at radius 3 is 2.34 bits per heavy atom. The van der Waals surface area contributed by atoms with Crippen molar-refractivity contribution in [2.75, 3.05) is 21.9 Å². The third kappa shape index (κ3) is 3.65.